The number of allylic oxidation sites excluding steroid dienone is 1. The summed E-state index contributed by atoms with van der Waals surface area (Å²) in [6.07, 6.45) is -0.238. The second-order valence-electron chi connectivity index (χ2n) is 3.97. The van der Waals surface area contributed by atoms with E-state index in [1.165, 1.54) is 6.08 Å². The lowest BCUT2D eigenvalue weighted by Gasteiger charge is -2.36. The van der Waals surface area contributed by atoms with Crippen LogP contribution >= 0.6 is 0 Å². The number of hydrogen-bond donors (Lipinski definition) is 1. The van der Waals surface area contributed by atoms with Gasteiger partial charge >= 0.3 is 6.18 Å². The molecule has 1 aliphatic rings. The summed E-state index contributed by atoms with van der Waals surface area (Å²) in [4.78, 5) is 0. The van der Waals surface area contributed by atoms with Crippen LogP contribution in [0.1, 0.15) is 39.0 Å². The van der Waals surface area contributed by atoms with Gasteiger partial charge in [0.25, 0.3) is 5.79 Å². The highest BCUT2D eigenvalue weighted by Gasteiger charge is 2.58. The molecule has 0 bridgehead atoms. The third-order valence-corrected chi connectivity index (χ3v) is 2.67. The summed E-state index contributed by atoms with van der Waals surface area (Å²) in [6.45, 7) is 1.91. The maximum absolute atomic E-state index is 12.7. The van der Waals surface area contributed by atoms with E-state index in [1.54, 1.807) is 0 Å². The highest BCUT2D eigenvalue weighted by molar-refractivity contribution is 5.17. The molecule has 5 heteroatoms. The Kier molecular flexibility index (Phi) is 4.38. The number of ether oxygens (including phenoxy) is 1. The minimum Gasteiger partial charge on any atom is -0.355 e. The number of rotatable bonds is 3. The minimum absolute atomic E-state index is 0.0419. The van der Waals surface area contributed by atoms with Gasteiger partial charge in [-0.2, -0.15) is 13.2 Å². The van der Waals surface area contributed by atoms with Crippen molar-refractivity contribution in [1.82, 2.24) is 0 Å². The van der Waals surface area contributed by atoms with Gasteiger partial charge in [-0.3, -0.25) is 0 Å². The Hall–Kier alpha value is -0.550. The van der Waals surface area contributed by atoms with Crippen LogP contribution in [-0.4, -0.2) is 23.7 Å². The average molecular weight is 238 g/mol. The molecule has 1 unspecified atom stereocenters. The van der Waals surface area contributed by atoms with Gasteiger partial charge in [0.1, 0.15) is 0 Å². The summed E-state index contributed by atoms with van der Waals surface area (Å²) in [5, 5.41) is 9.55. The van der Waals surface area contributed by atoms with Crippen LogP contribution in [0.2, 0.25) is 0 Å². The van der Waals surface area contributed by atoms with Gasteiger partial charge in [-0.15, -0.1) is 0 Å². The number of unbranched alkanes of at least 4 members (excludes halogenated alkanes) is 2. The molecular weight excluding hydrogens is 221 g/mol. The first-order valence-corrected chi connectivity index (χ1v) is 5.54. The largest absolute Gasteiger partial charge is 0.447 e. The zero-order valence-electron chi connectivity index (χ0n) is 9.31. The molecular formula is C11H17F3O2. The zero-order chi connectivity index (χ0) is 12.2. The van der Waals surface area contributed by atoms with Crippen molar-refractivity contribution in [3.05, 3.63) is 11.6 Å². The van der Waals surface area contributed by atoms with Crippen molar-refractivity contribution < 1.29 is 23.0 Å². The van der Waals surface area contributed by atoms with E-state index in [0.29, 0.717) is 12.8 Å². The molecule has 0 radical (unpaired) electrons. The normalized spacial score (nSPS) is 29.7. The third kappa shape index (κ3) is 2.77. The Morgan fingerprint density at radius 2 is 2.19 bits per heavy atom. The molecule has 1 N–H and O–H groups in total. The summed E-state index contributed by atoms with van der Waals surface area (Å²) in [6, 6.07) is 0. The van der Waals surface area contributed by atoms with Crippen molar-refractivity contribution in [2.24, 2.45) is 0 Å². The van der Waals surface area contributed by atoms with Crippen molar-refractivity contribution in [1.29, 1.82) is 0 Å². The van der Waals surface area contributed by atoms with Crippen molar-refractivity contribution in [3.63, 3.8) is 0 Å². The molecule has 1 atom stereocenters. The van der Waals surface area contributed by atoms with Crippen LogP contribution in [0.5, 0.6) is 0 Å². The summed E-state index contributed by atoms with van der Waals surface area (Å²) in [5.74, 6) is -3.06. The molecule has 1 heterocycles. The minimum atomic E-state index is -4.76. The SMILES string of the molecule is CCCC/C=C1\CCCOC1(O)C(F)(F)F. The van der Waals surface area contributed by atoms with Gasteiger partial charge in [-0.1, -0.05) is 25.8 Å². The van der Waals surface area contributed by atoms with Gasteiger partial charge in [0.2, 0.25) is 0 Å². The Morgan fingerprint density at radius 3 is 2.75 bits per heavy atom. The first kappa shape index (κ1) is 13.5. The Balaban J connectivity index is 2.82. The molecule has 0 aromatic rings. The lowest BCUT2D eigenvalue weighted by Crippen LogP contribution is -2.51. The average Bonchev–Trinajstić information content (AvgIpc) is 2.19. The fourth-order valence-electron chi connectivity index (χ4n) is 1.73. The van der Waals surface area contributed by atoms with Gasteiger partial charge < -0.3 is 9.84 Å². The van der Waals surface area contributed by atoms with Crippen LogP contribution in [0, 0.1) is 0 Å². The monoisotopic (exact) mass is 238 g/mol. The van der Waals surface area contributed by atoms with E-state index in [0.717, 1.165) is 12.8 Å². The van der Waals surface area contributed by atoms with Crippen molar-refractivity contribution >= 4 is 0 Å². The second-order valence-corrected chi connectivity index (χ2v) is 3.97. The van der Waals surface area contributed by atoms with E-state index in [1.807, 2.05) is 6.92 Å². The van der Waals surface area contributed by atoms with Gasteiger partial charge in [0.05, 0.1) is 6.61 Å². The summed E-state index contributed by atoms with van der Waals surface area (Å²) in [5.41, 5.74) is -0.0419. The molecule has 1 rings (SSSR count). The van der Waals surface area contributed by atoms with E-state index in [-0.39, 0.29) is 18.6 Å². The van der Waals surface area contributed by atoms with Crippen LogP contribution < -0.4 is 0 Å². The Bertz CT molecular complexity index is 260. The second kappa shape index (κ2) is 5.19. The van der Waals surface area contributed by atoms with E-state index in [2.05, 4.69) is 4.74 Å². The number of hydrogen-bond acceptors (Lipinski definition) is 2. The molecule has 1 fully saturated rings. The smallest absolute Gasteiger partial charge is 0.355 e. The summed E-state index contributed by atoms with van der Waals surface area (Å²) in [7, 11) is 0. The molecule has 0 amide bonds. The Labute approximate surface area is 93.1 Å². The predicted octanol–water partition coefficient (Wildman–Crippen LogP) is 3.16. The van der Waals surface area contributed by atoms with Crippen LogP contribution in [0.4, 0.5) is 13.2 Å². The van der Waals surface area contributed by atoms with Crippen LogP contribution in [-0.2, 0) is 4.74 Å². The first-order valence-electron chi connectivity index (χ1n) is 5.54. The molecule has 2 nitrogen and oxygen atoms in total. The first-order chi connectivity index (χ1) is 7.42. The molecule has 0 spiro atoms. The topological polar surface area (TPSA) is 29.5 Å². The predicted molar refractivity (Wildman–Crippen MR) is 53.8 cm³/mol. The molecule has 0 aromatic carbocycles. The molecule has 16 heavy (non-hydrogen) atoms. The van der Waals surface area contributed by atoms with E-state index in [9.17, 15) is 18.3 Å². The molecule has 0 aromatic heterocycles. The van der Waals surface area contributed by atoms with Crippen LogP contribution in [0.15, 0.2) is 11.6 Å². The fourth-order valence-corrected chi connectivity index (χ4v) is 1.73. The summed E-state index contributed by atoms with van der Waals surface area (Å²) < 4.78 is 42.5. The molecule has 0 saturated carbocycles. The van der Waals surface area contributed by atoms with Crippen molar-refractivity contribution in [2.75, 3.05) is 6.61 Å². The van der Waals surface area contributed by atoms with E-state index < -0.39 is 12.0 Å². The van der Waals surface area contributed by atoms with Gasteiger partial charge in [-0.25, -0.2) is 0 Å². The van der Waals surface area contributed by atoms with E-state index >= 15 is 0 Å². The van der Waals surface area contributed by atoms with Gasteiger partial charge in [0.15, 0.2) is 0 Å². The van der Waals surface area contributed by atoms with Crippen molar-refractivity contribution in [3.8, 4) is 0 Å². The number of alkyl halides is 3. The van der Waals surface area contributed by atoms with Crippen LogP contribution in [0.25, 0.3) is 0 Å². The molecule has 0 aliphatic carbocycles. The quantitative estimate of drug-likeness (QED) is 0.604. The van der Waals surface area contributed by atoms with Crippen molar-refractivity contribution in [2.45, 2.75) is 51.0 Å². The maximum Gasteiger partial charge on any atom is 0.447 e. The fraction of sp³-hybridized carbons (Fsp3) is 0.818. The summed E-state index contributed by atoms with van der Waals surface area (Å²) >= 11 is 0. The molecule has 1 saturated heterocycles. The Morgan fingerprint density at radius 1 is 1.50 bits per heavy atom. The third-order valence-electron chi connectivity index (χ3n) is 2.67. The highest BCUT2D eigenvalue weighted by atomic mass is 19.4. The zero-order valence-corrected chi connectivity index (χ0v) is 9.31. The van der Waals surface area contributed by atoms with E-state index in [4.69, 9.17) is 0 Å². The lowest BCUT2D eigenvalue weighted by atomic mass is 9.96. The highest BCUT2D eigenvalue weighted by Crippen LogP contribution is 2.41. The van der Waals surface area contributed by atoms with Crippen LogP contribution in [0.3, 0.4) is 0 Å². The number of aliphatic hydroxyl groups is 1. The lowest BCUT2D eigenvalue weighted by molar-refractivity contribution is -0.353. The standard InChI is InChI=1S/C11H17F3O2/c1-2-3-4-6-9-7-5-8-16-10(9,15)11(12,13)14/h6,15H,2-5,7-8H2,1H3/b9-6+. The van der Waals surface area contributed by atoms with Gasteiger partial charge in [-0.05, 0) is 24.8 Å². The molecule has 94 valence electrons. The molecule has 1 aliphatic heterocycles. The van der Waals surface area contributed by atoms with Gasteiger partial charge in [0, 0.05) is 0 Å². The maximum atomic E-state index is 12.7. The number of halogens is 3.